The van der Waals surface area contributed by atoms with Gasteiger partial charge in [-0.2, -0.15) is 5.10 Å². The van der Waals surface area contributed by atoms with E-state index in [1.165, 1.54) is 12.1 Å². The van der Waals surface area contributed by atoms with Crippen LogP contribution in [0.2, 0.25) is 0 Å². The second-order valence-corrected chi connectivity index (χ2v) is 6.19. The normalized spacial score (nSPS) is 21.1. The second kappa shape index (κ2) is 6.35. The molecule has 2 atom stereocenters. The Balaban J connectivity index is 1.81. The van der Waals surface area contributed by atoms with E-state index in [-0.39, 0.29) is 6.04 Å². The van der Waals surface area contributed by atoms with Crippen molar-refractivity contribution in [3.8, 4) is 11.3 Å². The van der Waals surface area contributed by atoms with Crippen molar-refractivity contribution in [3.63, 3.8) is 0 Å². The van der Waals surface area contributed by atoms with Gasteiger partial charge in [-0.15, -0.1) is 0 Å². The van der Waals surface area contributed by atoms with Gasteiger partial charge in [-0.05, 0) is 43.9 Å². The standard InChI is InChI=1S/C17H20F3N3/c1-10-16(9-21-15-4-3-12(18)8-15)22-23(2)17(10)11-5-13(19)7-14(20)6-11/h5-7,12,15,21H,3-4,8-9H2,1-2H3/t12-,15+/m1/s1. The maximum Gasteiger partial charge on any atom is 0.126 e. The van der Waals surface area contributed by atoms with Crippen molar-refractivity contribution in [2.75, 3.05) is 0 Å². The van der Waals surface area contributed by atoms with Crippen molar-refractivity contribution in [3.05, 3.63) is 41.1 Å². The summed E-state index contributed by atoms with van der Waals surface area (Å²) in [4.78, 5) is 0. The molecule has 1 heterocycles. The van der Waals surface area contributed by atoms with Gasteiger partial charge in [0, 0.05) is 31.3 Å². The lowest BCUT2D eigenvalue weighted by Crippen LogP contribution is -2.26. The summed E-state index contributed by atoms with van der Waals surface area (Å²) >= 11 is 0. The first kappa shape index (κ1) is 16.1. The van der Waals surface area contributed by atoms with Crippen LogP contribution in [-0.2, 0) is 13.6 Å². The molecular weight excluding hydrogens is 303 g/mol. The number of rotatable bonds is 4. The molecule has 1 aromatic heterocycles. The monoisotopic (exact) mass is 323 g/mol. The summed E-state index contributed by atoms with van der Waals surface area (Å²) < 4.78 is 41.8. The maximum atomic E-state index is 13.5. The molecule has 3 rings (SSSR count). The molecular formula is C17H20F3N3. The Morgan fingerprint density at radius 3 is 2.52 bits per heavy atom. The molecule has 0 saturated heterocycles. The van der Waals surface area contributed by atoms with Gasteiger partial charge >= 0.3 is 0 Å². The molecule has 0 bridgehead atoms. The predicted octanol–water partition coefficient (Wildman–Crippen LogP) is 3.65. The highest BCUT2D eigenvalue weighted by atomic mass is 19.1. The van der Waals surface area contributed by atoms with Crippen molar-refractivity contribution in [2.24, 2.45) is 7.05 Å². The lowest BCUT2D eigenvalue weighted by Gasteiger charge is -2.10. The van der Waals surface area contributed by atoms with Gasteiger partial charge in [0.05, 0.1) is 11.4 Å². The number of halogens is 3. The predicted molar refractivity (Wildman–Crippen MR) is 82.7 cm³/mol. The van der Waals surface area contributed by atoms with Crippen LogP contribution in [0.25, 0.3) is 11.3 Å². The third kappa shape index (κ3) is 3.42. The van der Waals surface area contributed by atoms with Gasteiger partial charge in [0.1, 0.15) is 17.8 Å². The summed E-state index contributed by atoms with van der Waals surface area (Å²) in [7, 11) is 1.75. The third-order valence-corrected chi connectivity index (χ3v) is 4.45. The van der Waals surface area contributed by atoms with Crippen molar-refractivity contribution in [1.82, 2.24) is 15.1 Å². The van der Waals surface area contributed by atoms with E-state index in [1.807, 2.05) is 6.92 Å². The summed E-state index contributed by atoms with van der Waals surface area (Å²) in [6, 6.07) is 3.62. The fraction of sp³-hybridized carbons (Fsp3) is 0.471. The fourth-order valence-corrected chi connectivity index (χ4v) is 3.30. The first-order chi connectivity index (χ1) is 10.9. The maximum absolute atomic E-state index is 13.5. The van der Waals surface area contributed by atoms with Crippen molar-refractivity contribution in [1.29, 1.82) is 0 Å². The molecule has 0 amide bonds. The highest BCUT2D eigenvalue weighted by molar-refractivity contribution is 5.64. The number of hydrogen-bond donors (Lipinski definition) is 1. The van der Waals surface area contributed by atoms with Gasteiger partial charge in [-0.1, -0.05) is 0 Å². The average Bonchev–Trinajstić information content (AvgIpc) is 2.99. The number of benzene rings is 1. The van der Waals surface area contributed by atoms with E-state index >= 15 is 0 Å². The van der Waals surface area contributed by atoms with E-state index in [4.69, 9.17) is 0 Å². The van der Waals surface area contributed by atoms with Crippen LogP contribution >= 0.6 is 0 Å². The first-order valence-electron chi connectivity index (χ1n) is 7.80. The van der Waals surface area contributed by atoms with E-state index < -0.39 is 17.8 Å². The SMILES string of the molecule is Cc1c(CN[C@H]2CC[C@@H](F)C2)nn(C)c1-c1cc(F)cc(F)c1. The van der Waals surface area contributed by atoms with E-state index in [1.54, 1.807) is 11.7 Å². The molecule has 124 valence electrons. The zero-order valence-corrected chi connectivity index (χ0v) is 13.2. The lowest BCUT2D eigenvalue weighted by molar-refractivity contribution is 0.333. The Hall–Kier alpha value is -1.82. The Morgan fingerprint density at radius 2 is 1.91 bits per heavy atom. The molecule has 1 aliphatic carbocycles. The number of nitrogens with zero attached hydrogens (tertiary/aromatic N) is 2. The largest absolute Gasteiger partial charge is 0.308 e. The molecule has 1 aliphatic rings. The van der Waals surface area contributed by atoms with Crippen LogP contribution in [0.5, 0.6) is 0 Å². The summed E-state index contributed by atoms with van der Waals surface area (Å²) in [5.74, 6) is -1.22. The highest BCUT2D eigenvalue weighted by Crippen LogP contribution is 2.27. The molecule has 1 aromatic carbocycles. The number of aryl methyl sites for hydroxylation is 1. The molecule has 6 heteroatoms. The summed E-state index contributed by atoms with van der Waals surface area (Å²) in [5.41, 5.74) is 2.84. The van der Waals surface area contributed by atoms with E-state index in [0.29, 0.717) is 30.6 Å². The molecule has 0 unspecified atom stereocenters. The molecule has 3 nitrogen and oxygen atoms in total. The summed E-state index contributed by atoms with van der Waals surface area (Å²) in [6.45, 7) is 2.41. The Bertz CT molecular complexity index is 691. The summed E-state index contributed by atoms with van der Waals surface area (Å²) in [6.07, 6.45) is 1.25. The van der Waals surface area contributed by atoms with E-state index in [9.17, 15) is 13.2 Å². The first-order valence-corrected chi connectivity index (χ1v) is 7.80. The lowest BCUT2D eigenvalue weighted by atomic mass is 10.1. The minimum absolute atomic E-state index is 0.168. The Kier molecular flexibility index (Phi) is 4.43. The van der Waals surface area contributed by atoms with Crippen molar-refractivity contribution >= 4 is 0 Å². The molecule has 0 spiro atoms. The van der Waals surface area contributed by atoms with Crippen LogP contribution in [0.3, 0.4) is 0 Å². The molecule has 23 heavy (non-hydrogen) atoms. The van der Waals surface area contributed by atoms with Crippen molar-refractivity contribution < 1.29 is 13.2 Å². The zero-order chi connectivity index (χ0) is 16.6. The smallest absolute Gasteiger partial charge is 0.126 e. The third-order valence-electron chi connectivity index (χ3n) is 4.45. The molecule has 0 aliphatic heterocycles. The number of nitrogens with one attached hydrogen (secondary N) is 1. The topological polar surface area (TPSA) is 29.9 Å². The fourth-order valence-electron chi connectivity index (χ4n) is 3.30. The minimum atomic E-state index is -0.719. The Morgan fingerprint density at radius 1 is 1.22 bits per heavy atom. The van der Waals surface area contributed by atoms with Crippen LogP contribution in [0, 0.1) is 18.6 Å². The molecule has 0 radical (unpaired) electrons. The van der Waals surface area contributed by atoms with E-state index in [2.05, 4.69) is 10.4 Å². The van der Waals surface area contributed by atoms with Gasteiger partial charge in [0.2, 0.25) is 0 Å². The van der Waals surface area contributed by atoms with Crippen LogP contribution < -0.4 is 5.32 Å². The number of alkyl halides is 1. The second-order valence-electron chi connectivity index (χ2n) is 6.19. The number of aromatic nitrogens is 2. The molecule has 1 N–H and O–H groups in total. The van der Waals surface area contributed by atoms with Crippen LogP contribution in [0.1, 0.15) is 30.5 Å². The molecule has 2 aromatic rings. The van der Waals surface area contributed by atoms with Gasteiger partial charge in [0.15, 0.2) is 0 Å². The zero-order valence-electron chi connectivity index (χ0n) is 13.2. The number of hydrogen-bond acceptors (Lipinski definition) is 2. The molecule has 1 saturated carbocycles. The van der Waals surface area contributed by atoms with Gasteiger partial charge in [-0.25, -0.2) is 13.2 Å². The quantitative estimate of drug-likeness (QED) is 0.931. The average molecular weight is 323 g/mol. The van der Waals surface area contributed by atoms with Gasteiger partial charge in [-0.3, -0.25) is 4.68 Å². The van der Waals surface area contributed by atoms with Gasteiger partial charge < -0.3 is 5.32 Å². The van der Waals surface area contributed by atoms with Crippen molar-refractivity contribution in [2.45, 2.75) is 44.9 Å². The Labute approximate surface area is 133 Å². The van der Waals surface area contributed by atoms with Crippen LogP contribution in [-0.4, -0.2) is 22.0 Å². The minimum Gasteiger partial charge on any atom is -0.308 e. The highest BCUT2D eigenvalue weighted by Gasteiger charge is 2.24. The van der Waals surface area contributed by atoms with E-state index in [0.717, 1.165) is 23.7 Å². The van der Waals surface area contributed by atoms with Gasteiger partial charge in [0.25, 0.3) is 0 Å². The van der Waals surface area contributed by atoms with Crippen LogP contribution in [0.15, 0.2) is 18.2 Å². The summed E-state index contributed by atoms with van der Waals surface area (Å²) in [5, 5.41) is 7.76. The molecule has 1 fully saturated rings. The van der Waals surface area contributed by atoms with Crippen LogP contribution in [0.4, 0.5) is 13.2 Å².